The average molecular weight is 377 g/mol. The summed E-state index contributed by atoms with van der Waals surface area (Å²) in [6.45, 7) is 1.78. The van der Waals surface area contributed by atoms with E-state index < -0.39 is 15.9 Å². The highest BCUT2D eigenvalue weighted by molar-refractivity contribution is 7.89. The van der Waals surface area contributed by atoms with Crippen molar-refractivity contribution in [1.29, 1.82) is 0 Å². The second kappa shape index (κ2) is 8.15. The Balaban J connectivity index is 1.48. The molecule has 0 atom stereocenters. The van der Waals surface area contributed by atoms with Gasteiger partial charge in [0.25, 0.3) is 5.91 Å². The first-order valence-electron chi connectivity index (χ1n) is 8.10. The van der Waals surface area contributed by atoms with Gasteiger partial charge in [-0.3, -0.25) is 9.78 Å². The molecule has 0 radical (unpaired) electrons. The molecular weight excluding hydrogens is 358 g/mol. The third-order valence-corrected chi connectivity index (χ3v) is 5.78. The highest BCUT2D eigenvalue weighted by Gasteiger charge is 2.27. The second-order valence-corrected chi connectivity index (χ2v) is 7.69. The minimum absolute atomic E-state index is 0.0136. The molecule has 138 valence electrons. The van der Waals surface area contributed by atoms with E-state index >= 15 is 0 Å². The summed E-state index contributed by atoms with van der Waals surface area (Å²) in [5.74, 6) is -0.0129. The lowest BCUT2D eigenvalue weighted by Crippen LogP contribution is -2.50. The number of anilines is 1. The van der Waals surface area contributed by atoms with Crippen LogP contribution in [-0.2, 0) is 10.0 Å². The molecule has 2 aromatic rings. The molecule has 0 spiro atoms. The zero-order valence-corrected chi connectivity index (χ0v) is 14.8. The maximum atomic E-state index is 12.4. The fourth-order valence-corrected chi connectivity index (χ4v) is 3.89. The molecule has 10 nitrogen and oxygen atoms in total. The number of carbonyl (C=O) groups excluding carboxylic acids is 1. The highest BCUT2D eigenvalue weighted by Crippen LogP contribution is 2.12. The van der Waals surface area contributed by atoms with E-state index in [0.29, 0.717) is 32.1 Å². The maximum absolute atomic E-state index is 12.4. The molecule has 1 aliphatic heterocycles. The first kappa shape index (κ1) is 18.1. The lowest BCUT2D eigenvalue weighted by molar-refractivity contribution is 0.0950. The molecule has 1 aliphatic rings. The number of nitrogens with one attached hydrogen (secondary N) is 1. The highest BCUT2D eigenvalue weighted by atomic mass is 32.2. The standard InChI is InChI=1S/C15H19N7O3S/c23-14(13-12-16-4-5-17-13)18-6-11-26(24,25)22-9-7-21(8-10-22)15-19-2-1-3-20-15/h1-5,12H,6-11H2,(H,18,23). The molecule has 0 saturated carbocycles. The van der Waals surface area contributed by atoms with Gasteiger partial charge in [-0.1, -0.05) is 0 Å². The van der Waals surface area contributed by atoms with E-state index in [-0.39, 0.29) is 18.0 Å². The van der Waals surface area contributed by atoms with E-state index in [9.17, 15) is 13.2 Å². The van der Waals surface area contributed by atoms with Gasteiger partial charge < -0.3 is 10.2 Å². The molecule has 1 fully saturated rings. The summed E-state index contributed by atoms with van der Waals surface area (Å²) < 4.78 is 26.3. The zero-order valence-electron chi connectivity index (χ0n) is 14.0. The Hall–Kier alpha value is -2.66. The molecule has 1 amide bonds. The van der Waals surface area contributed by atoms with E-state index in [1.807, 2.05) is 4.90 Å². The van der Waals surface area contributed by atoms with Gasteiger partial charge in [-0.2, -0.15) is 4.31 Å². The number of hydrogen-bond acceptors (Lipinski definition) is 8. The van der Waals surface area contributed by atoms with Crippen molar-refractivity contribution >= 4 is 21.9 Å². The number of sulfonamides is 1. The average Bonchev–Trinajstić information content (AvgIpc) is 2.69. The molecule has 0 unspecified atom stereocenters. The Morgan fingerprint density at radius 2 is 1.77 bits per heavy atom. The molecule has 0 aromatic carbocycles. The van der Waals surface area contributed by atoms with Gasteiger partial charge in [-0.15, -0.1) is 0 Å². The van der Waals surface area contributed by atoms with E-state index in [2.05, 4.69) is 25.3 Å². The van der Waals surface area contributed by atoms with Gasteiger partial charge in [0.05, 0.1) is 11.9 Å². The number of hydrogen-bond donors (Lipinski definition) is 1. The molecule has 1 N–H and O–H groups in total. The second-order valence-electron chi connectivity index (χ2n) is 5.60. The third kappa shape index (κ3) is 4.49. The van der Waals surface area contributed by atoms with Crippen LogP contribution in [0.2, 0.25) is 0 Å². The fraction of sp³-hybridized carbons (Fsp3) is 0.400. The summed E-state index contributed by atoms with van der Waals surface area (Å²) in [4.78, 5) is 29.8. The van der Waals surface area contributed by atoms with Crippen molar-refractivity contribution in [3.05, 3.63) is 42.7 Å². The van der Waals surface area contributed by atoms with Crippen molar-refractivity contribution in [2.24, 2.45) is 0 Å². The van der Waals surface area contributed by atoms with Crippen LogP contribution in [0.1, 0.15) is 10.5 Å². The smallest absolute Gasteiger partial charge is 0.271 e. The van der Waals surface area contributed by atoms with Gasteiger partial charge in [0.2, 0.25) is 16.0 Å². The Labute approximate surface area is 151 Å². The molecule has 0 aliphatic carbocycles. The van der Waals surface area contributed by atoms with Crippen LogP contribution < -0.4 is 10.2 Å². The number of rotatable bonds is 6. The van der Waals surface area contributed by atoms with Gasteiger partial charge in [-0.05, 0) is 6.07 Å². The van der Waals surface area contributed by atoms with Gasteiger partial charge >= 0.3 is 0 Å². The SMILES string of the molecule is O=C(NCCS(=O)(=O)N1CCN(c2ncccn2)CC1)c1cnccn1. The largest absolute Gasteiger partial charge is 0.350 e. The molecule has 26 heavy (non-hydrogen) atoms. The minimum Gasteiger partial charge on any atom is -0.350 e. The van der Waals surface area contributed by atoms with Crippen molar-refractivity contribution in [3.8, 4) is 0 Å². The quantitative estimate of drug-likeness (QED) is 0.691. The summed E-state index contributed by atoms with van der Waals surface area (Å²) in [5, 5.41) is 2.55. The van der Waals surface area contributed by atoms with E-state index in [0.717, 1.165) is 0 Å². The van der Waals surface area contributed by atoms with Crippen LogP contribution in [0.5, 0.6) is 0 Å². The molecule has 2 aromatic heterocycles. The third-order valence-electron chi connectivity index (χ3n) is 3.91. The van der Waals surface area contributed by atoms with Crippen LogP contribution in [0.25, 0.3) is 0 Å². The van der Waals surface area contributed by atoms with Gasteiger partial charge in [-0.25, -0.2) is 23.4 Å². The maximum Gasteiger partial charge on any atom is 0.271 e. The van der Waals surface area contributed by atoms with Crippen molar-refractivity contribution in [1.82, 2.24) is 29.6 Å². The molecule has 0 bridgehead atoms. The van der Waals surface area contributed by atoms with Crippen molar-refractivity contribution in [2.45, 2.75) is 0 Å². The van der Waals surface area contributed by atoms with Crippen molar-refractivity contribution in [2.75, 3.05) is 43.4 Å². The van der Waals surface area contributed by atoms with E-state index in [4.69, 9.17) is 0 Å². The summed E-state index contributed by atoms with van der Waals surface area (Å²) in [7, 11) is -3.45. The number of nitrogens with zero attached hydrogens (tertiary/aromatic N) is 6. The molecule has 3 rings (SSSR count). The zero-order chi connectivity index (χ0) is 18.4. The Kier molecular flexibility index (Phi) is 5.68. The first-order valence-corrected chi connectivity index (χ1v) is 9.71. The summed E-state index contributed by atoms with van der Waals surface area (Å²) in [6, 6.07) is 1.74. The molecule has 11 heteroatoms. The molecule has 1 saturated heterocycles. The molecule has 3 heterocycles. The Bertz CT molecular complexity index is 825. The first-order chi connectivity index (χ1) is 12.6. The number of piperazine rings is 1. The van der Waals surface area contributed by atoms with E-state index in [1.54, 1.807) is 18.5 Å². The normalized spacial score (nSPS) is 15.6. The van der Waals surface area contributed by atoms with Crippen molar-refractivity contribution < 1.29 is 13.2 Å². The Morgan fingerprint density at radius 1 is 1.04 bits per heavy atom. The van der Waals surface area contributed by atoms with Crippen LogP contribution in [0, 0.1) is 0 Å². The summed E-state index contributed by atoms with van der Waals surface area (Å²) >= 11 is 0. The fourth-order valence-electron chi connectivity index (χ4n) is 2.55. The van der Waals surface area contributed by atoms with Gasteiger partial charge in [0.15, 0.2) is 0 Å². The van der Waals surface area contributed by atoms with Crippen LogP contribution in [0.15, 0.2) is 37.1 Å². The Morgan fingerprint density at radius 3 is 2.42 bits per heavy atom. The number of carbonyl (C=O) groups is 1. The van der Waals surface area contributed by atoms with Crippen LogP contribution in [0.3, 0.4) is 0 Å². The number of aromatic nitrogens is 4. The lowest BCUT2D eigenvalue weighted by Gasteiger charge is -2.33. The predicted molar refractivity (Wildman–Crippen MR) is 94.0 cm³/mol. The topological polar surface area (TPSA) is 121 Å². The van der Waals surface area contributed by atoms with Crippen LogP contribution in [-0.4, -0.2) is 77.0 Å². The summed E-state index contributed by atoms with van der Waals surface area (Å²) in [6.07, 6.45) is 7.51. The number of amides is 1. The van der Waals surface area contributed by atoms with Gasteiger partial charge in [0, 0.05) is 57.5 Å². The van der Waals surface area contributed by atoms with Crippen molar-refractivity contribution in [3.63, 3.8) is 0 Å². The van der Waals surface area contributed by atoms with E-state index in [1.165, 1.54) is 22.9 Å². The van der Waals surface area contributed by atoms with Crippen LogP contribution in [0.4, 0.5) is 5.95 Å². The minimum atomic E-state index is -3.45. The summed E-state index contributed by atoms with van der Waals surface area (Å²) in [5.41, 5.74) is 0.154. The lowest BCUT2D eigenvalue weighted by atomic mass is 10.4. The monoisotopic (exact) mass is 377 g/mol. The predicted octanol–water partition coefficient (Wildman–Crippen LogP) is -0.852. The van der Waals surface area contributed by atoms with Crippen LogP contribution >= 0.6 is 0 Å². The van der Waals surface area contributed by atoms with Gasteiger partial charge in [0.1, 0.15) is 5.69 Å². The molecular formula is C15H19N7O3S.